The van der Waals surface area contributed by atoms with Crippen molar-refractivity contribution >= 4 is 40.7 Å². The number of aromatic nitrogens is 1. The van der Waals surface area contributed by atoms with Crippen LogP contribution >= 0.6 is 22.9 Å². The maximum Gasteiger partial charge on any atom is 0.338 e. The second-order valence-electron chi connectivity index (χ2n) is 9.46. The summed E-state index contributed by atoms with van der Waals surface area (Å²) in [6.45, 7) is 4.33. The second-order valence-corrected chi connectivity index (χ2v) is 10.9. The average Bonchev–Trinajstić information content (AvgIpc) is 3.34. The maximum absolute atomic E-state index is 14.2. The molecule has 224 valence electrons. The zero-order chi connectivity index (χ0) is 31.2. The first-order valence-electron chi connectivity index (χ1n) is 13.8. The molecule has 4 aromatic rings. The van der Waals surface area contributed by atoms with E-state index in [0.717, 1.165) is 5.56 Å². The highest BCUT2D eigenvalue weighted by molar-refractivity contribution is 7.07. The van der Waals surface area contributed by atoms with Gasteiger partial charge in [0.05, 0.1) is 47.2 Å². The van der Waals surface area contributed by atoms with Crippen LogP contribution in [0.4, 0.5) is 0 Å². The number of halogens is 1. The fourth-order valence-corrected chi connectivity index (χ4v) is 6.17. The Morgan fingerprint density at radius 2 is 1.84 bits per heavy atom. The van der Waals surface area contributed by atoms with E-state index in [1.807, 2.05) is 61.5 Å². The molecule has 8 nitrogen and oxygen atoms in total. The number of carbonyl (C=O) groups is 1. The summed E-state index contributed by atoms with van der Waals surface area (Å²) in [6.07, 6.45) is 7.04. The molecule has 5 rings (SSSR count). The summed E-state index contributed by atoms with van der Waals surface area (Å²) in [5.41, 5.74) is 2.41. The van der Waals surface area contributed by atoms with Gasteiger partial charge in [-0.1, -0.05) is 71.3 Å². The van der Waals surface area contributed by atoms with Crippen molar-refractivity contribution in [2.45, 2.75) is 19.9 Å². The predicted molar refractivity (Wildman–Crippen MR) is 171 cm³/mol. The summed E-state index contributed by atoms with van der Waals surface area (Å²) in [5, 5.41) is 0.279. The molecule has 0 N–H and O–H groups in total. The molecule has 10 heteroatoms. The summed E-state index contributed by atoms with van der Waals surface area (Å²) < 4.78 is 24.1. The Kier molecular flexibility index (Phi) is 9.53. The number of thiazole rings is 1. The van der Waals surface area contributed by atoms with E-state index < -0.39 is 12.0 Å². The van der Waals surface area contributed by atoms with Gasteiger partial charge in [-0.25, -0.2) is 9.79 Å². The summed E-state index contributed by atoms with van der Waals surface area (Å²) in [6, 6.07) is 19.3. The van der Waals surface area contributed by atoms with Gasteiger partial charge >= 0.3 is 5.97 Å². The minimum atomic E-state index is -0.809. The Morgan fingerprint density at radius 3 is 2.50 bits per heavy atom. The lowest BCUT2D eigenvalue weighted by atomic mass is 9.93. The van der Waals surface area contributed by atoms with Gasteiger partial charge in [0.15, 0.2) is 16.3 Å². The largest absolute Gasteiger partial charge is 0.494 e. The highest BCUT2D eigenvalue weighted by atomic mass is 35.5. The van der Waals surface area contributed by atoms with E-state index in [-0.39, 0.29) is 29.4 Å². The molecular weight excluding hydrogens is 600 g/mol. The molecule has 0 saturated heterocycles. The van der Waals surface area contributed by atoms with Gasteiger partial charge in [0.2, 0.25) is 0 Å². The number of nitrogens with zero attached hydrogens (tertiary/aromatic N) is 2. The van der Waals surface area contributed by atoms with Crippen molar-refractivity contribution < 1.29 is 23.7 Å². The zero-order valence-electron chi connectivity index (χ0n) is 24.3. The van der Waals surface area contributed by atoms with Crippen molar-refractivity contribution in [2.75, 3.05) is 26.9 Å². The van der Waals surface area contributed by atoms with E-state index in [2.05, 4.69) is 5.92 Å². The van der Waals surface area contributed by atoms with Gasteiger partial charge in [-0.3, -0.25) is 9.36 Å². The Hall–Kier alpha value is -4.78. The molecule has 0 fully saturated rings. The molecule has 0 unspecified atom stereocenters. The molecule has 2 heterocycles. The third kappa shape index (κ3) is 6.13. The van der Waals surface area contributed by atoms with Crippen molar-refractivity contribution in [1.82, 2.24) is 4.57 Å². The molecule has 0 aliphatic carbocycles. The number of ether oxygens (including phenoxy) is 4. The molecule has 0 saturated carbocycles. The molecule has 0 bridgehead atoms. The molecule has 1 aliphatic heterocycles. The van der Waals surface area contributed by atoms with E-state index in [9.17, 15) is 9.59 Å². The van der Waals surface area contributed by atoms with Crippen LogP contribution in [0.2, 0.25) is 5.02 Å². The summed E-state index contributed by atoms with van der Waals surface area (Å²) in [5.74, 6) is 3.21. The van der Waals surface area contributed by atoms with Crippen molar-refractivity contribution in [3.05, 3.63) is 114 Å². The van der Waals surface area contributed by atoms with E-state index in [0.29, 0.717) is 50.0 Å². The minimum absolute atomic E-state index is 0.0200. The fourth-order valence-electron chi connectivity index (χ4n) is 4.90. The van der Waals surface area contributed by atoms with Crippen LogP contribution in [0.25, 0.3) is 11.8 Å². The van der Waals surface area contributed by atoms with Crippen LogP contribution in [0.3, 0.4) is 0 Å². The highest BCUT2D eigenvalue weighted by Gasteiger charge is 2.35. The number of hydrogen-bond donors (Lipinski definition) is 0. The number of benzene rings is 3. The number of carbonyl (C=O) groups excluding carboxylic acids is 1. The fraction of sp³-hybridized carbons (Fsp3) is 0.206. The Labute approximate surface area is 263 Å². The van der Waals surface area contributed by atoms with Crippen molar-refractivity contribution in [3.8, 4) is 29.6 Å². The normalized spacial score (nSPS) is 14.3. The smallest absolute Gasteiger partial charge is 0.338 e. The lowest BCUT2D eigenvalue weighted by Gasteiger charge is -2.26. The van der Waals surface area contributed by atoms with Crippen LogP contribution in [0.1, 0.15) is 36.6 Å². The molecule has 1 aromatic heterocycles. The van der Waals surface area contributed by atoms with Crippen LogP contribution in [0.15, 0.2) is 82.1 Å². The number of hydrogen-bond acceptors (Lipinski definition) is 8. The van der Waals surface area contributed by atoms with Crippen LogP contribution < -0.4 is 29.1 Å². The van der Waals surface area contributed by atoms with Gasteiger partial charge in [0.25, 0.3) is 5.56 Å². The molecular formula is C34H29ClN2O6S. The monoisotopic (exact) mass is 628 g/mol. The first-order valence-corrected chi connectivity index (χ1v) is 15.0. The quantitative estimate of drug-likeness (QED) is 0.181. The predicted octanol–water partition coefficient (Wildman–Crippen LogP) is 5.01. The van der Waals surface area contributed by atoms with E-state index in [1.165, 1.54) is 23.0 Å². The molecule has 44 heavy (non-hydrogen) atoms. The summed E-state index contributed by atoms with van der Waals surface area (Å²) >= 11 is 7.71. The first kappa shape index (κ1) is 30.7. The van der Waals surface area contributed by atoms with Crippen LogP contribution in [-0.2, 0) is 9.53 Å². The Morgan fingerprint density at radius 1 is 1.09 bits per heavy atom. The minimum Gasteiger partial charge on any atom is -0.494 e. The van der Waals surface area contributed by atoms with Crippen LogP contribution in [-0.4, -0.2) is 37.5 Å². The molecule has 0 amide bonds. The number of methoxy groups -OCH3 is 1. The van der Waals surface area contributed by atoms with Crippen molar-refractivity contribution in [1.29, 1.82) is 0 Å². The number of esters is 1. The van der Waals surface area contributed by atoms with Gasteiger partial charge in [0, 0.05) is 5.56 Å². The number of rotatable bonds is 10. The van der Waals surface area contributed by atoms with Crippen LogP contribution in [0, 0.1) is 12.3 Å². The lowest BCUT2D eigenvalue weighted by molar-refractivity contribution is -0.138. The van der Waals surface area contributed by atoms with E-state index in [1.54, 1.807) is 25.1 Å². The molecule has 0 spiro atoms. The number of terminal acetylenes is 1. The van der Waals surface area contributed by atoms with Gasteiger partial charge in [0.1, 0.15) is 12.4 Å². The average molecular weight is 629 g/mol. The van der Waals surface area contributed by atoms with Crippen LogP contribution in [0.5, 0.6) is 17.2 Å². The lowest BCUT2D eigenvalue weighted by Crippen LogP contribution is -2.40. The van der Waals surface area contributed by atoms with Crippen molar-refractivity contribution in [3.63, 3.8) is 0 Å². The second kappa shape index (κ2) is 13.7. The van der Waals surface area contributed by atoms with Crippen molar-refractivity contribution in [2.24, 2.45) is 4.99 Å². The Balaban J connectivity index is 1.76. The Bertz CT molecular complexity index is 1940. The standard InChI is InChI=1S/C34H29ClN2O6S/c1-5-17-43-31-25(35)18-21(19-26(31)40-4)20-27-32(38)37-30(23-13-15-24(16-14-23)41-6-2)28(33(39)42-7-3)29(36-34(37)44-27)22-11-9-8-10-12-22/h1,8-16,18-20,30H,6-7,17H2,2-4H3/b27-20-/t30-/m0/s1. The highest BCUT2D eigenvalue weighted by Crippen LogP contribution is 2.37. The first-order chi connectivity index (χ1) is 21.4. The van der Waals surface area contributed by atoms with Gasteiger partial charge < -0.3 is 18.9 Å². The van der Waals surface area contributed by atoms with Gasteiger partial charge in [-0.05, 0) is 55.3 Å². The number of fused-ring (bicyclic) bond motifs is 1. The van der Waals surface area contributed by atoms with Gasteiger partial charge in [-0.15, -0.1) is 6.42 Å². The molecule has 0 radical (unpaired) electrons. The van der Waals surface area contributed by atoms with E-state index in [4.69, 9.17) is 42.0 Å². The summed E-state index contributed by atoms with van der Waals surface area (Å²) in [4.78, 5) is 33.1. The van der Waals surface area contributed by atoms with E-state index >= 15 is 0 Å². The summed E-state index contributed by atoms with van der Waals surface area (Å²) in [7, 11) is 1.49. The third-order valence-corrected chi connectivity index (χ3v) is 7.99. The molecule has 3 aromatic carbocycles. The third-order valence-electron chi connectivity index (χ3n) is 6.73. The molecule has 1 aliphatic rings. The topological polar surface area (TPSA) is 88.4 Å². The maximum atomic E-state index is 14.2. The molecule has 1 atom stereocenters. The van der Waals surface area contributed by atoms with Gasteiger partial charge in [-0.2, -0.15) is 0 Å². The zero-order valence-corrected chi connectivity index (χ0v) is 25.9. The SMILES string of the molecule is C#CCOc1c(Cl)cc(/C=c2\sc3n(c2=O)[C@@H](c2ccc(OCC)cc2)C(C(=O)OCC)=C(c2ccccc2)N=3)cc1OC.